The van der Waals surface area contributed by atoms with Crippen LogP contribution < -0.4 is 10.2 Å². The number of hydrogen-bond donors (Lipinski definition) is 1. The smallest absolute Gasteiger partial charge is 0.137 e. The molecule has 0 amide bonds. The SMILES string of the molecule is Fc1ccccc1Sc1ccc2c(c1)N1CCNCC1C2. The lowest BCUT2D eigenvalue weighted by Crippen LogP contribution is -2.49. The molecule has 2 heterocycles. The summed E-state index contributed by atoms with van der Waals surface area (Å²) in [7, 11) is 0. The van der Waals surface area contributed by atoms with Crippen molar-refractivity contribution in [1.29, 1.82) is 0 Å². The fraction of sp³-hybridized carbons (Fsp3) is 0.294. The van der Waals surface area contributed by atoms with E-state index >= 15 is 0 Å². The number of benzene rings is 2. The van der Waals surface area contributed by atoms with Crippen LogP contribution in [0.5, 0.6) is 0 Å². The maximum Gasteiger partial charge on any atom is 0.137 e. The molecule has 0 bridgehead atoms. The van der Waals surface area contributed by atoms with Crippen molar-refractivity contribution in [3.05, 3.63) is 53.8 Å². The van der Waals surface area contributed by atoms with Gasteiger partial charge in [0.1, 0.15) is 5.82 Å². The molecule has 108 valence electrons. The minimum atomic E-state index is -0.150. The van der Waals surface area contributed by atoms with E-state index in [1.807, 2.05) is 12.1 Å². The standard InChI is InChI=1S/C17H17FN2S/c18-15-3-1-2-4-17(15)21-14-6-5-12-9-13-11-19-7-8-20(13)16(12)10-14/h1-6,10,13,19H,7-9,11H2. The van der Waals surface area contributed by atoms with Crippen molar-refractivity contribution < 1.29 is 4.39 Å². The molecule has 0 radical (unpaired) electrons. The molecule has 1 fully saturated rings. The van der Waals surface area contributed by atoms with Gasteiger partial charge >= 0.3 is 0 Å². The number of hydrogen-bond acceptors (Lipinski definition) is 3. The fourth-order valence-electron chi connectivity index (χ4n) is 3.22. The third-order valence-corrected chi connectivity index (χ3v) is 5.28. The summed E-state index contributed by atoms with van der Waals surface area (Å²) in [6, 6.07) is 14.1. The number of piperazine rings is 1. The van der Waals surface area contributed by atoms with Gasteiger partial charge in [-0.1, -0.05) is 30.0 Å². The Morgan fingerprint density at radius 2 is 2.10 bits per heavy atom. The summed E-state index contributed by atoms with van der Waals surface area (Å²) in [6.45, 7) is 3.16. The van der Waals surface area contributed by atoms with E-state index in [9.17, 15) is 4.39 Å². The molecule has 1 saturated heterocycles. The van der Waals surface area contributed by atoms with E-state index in [1.165, 1.54) is 29.1 Å². The van der Waals surface area contributed by atoms with Gasteiger partial charge < -0.3 is 10.2 Å². The molecule has 2 aliphatic rings. The molecular formula is C17H17FN2S. The molecule has 2 nitrogen and oxygen atoms in total. The summed E-state index contributed by atoms with van der Waals surface area (Å²) in [5.41, 5.74) is 2.75. The maximum atomic E-state index is 13.8. The molecule has 21 heavy (non-hydrogen) atoms. The van der Waals surface area contributed by atoms with E-state index in [0.29, 0.717) is 10.9 Å². The van der Waals surface area contributed by atoms with E-state index in [-0.39, 0.29) is 5.82 Å². The van der Waals surface area contributed by atoms with Crippen molar-refractivity contribution in [3.8, 4) is 0 Å². The summed E-state index contributed by atoms with van der Waals surface area (Å²) >= 11 is 1.50. The fourth-order valence-corrected chi connectivity index (χ4v) is 4.09. The molecule has 0 spiro atoms. The van der Waals surface area contributed by atoms with Crippen LogP contribution in [-0.4, -0.2) is 25.7 Å². The molecule has 2 aliphatic heterocycles. The second kappa shape index (κ2) is 5.35. The maximum absolute atomic E-state index is 13.8. The van der Waals surface area contributed by atoms with E-state index in [4.69, 9.17) is 0 Å². The third-order valence-electron chi connectivity index (χ3n) is 4.24. The van der Waals surface area contributed by atoms with E-state index in [0.717, 1.165) is 31.0 Å². The number of rotatable bonds is 2. The van der Waals surface area contributed by atoms with Crippen LogP contribution in [0.1, 0.15) is 5.56 Å². The predicted molar refractivity (Wildman–Crippen MR) is 84.7 cm³/mol. The minimum absolute atomic E-state index is 0.150. The van der Waals surface area contributed by atoms with Crippen LogP contribution >= 0.6 is 11.8 Å². The molecule has 0 saturated carbocycles. The molecular weight excluding hydrogens is 283 g/mol. The zero-order valence-electron chi connectivity index (χ0n) is 11.7. The summed E-state index contributed by atoms with van der Waals surface area (Å²) in [5.74, 6) is -0.150. The lowest BCUT2D eigenvalue weighted by molar-refractivity contribution is 0.495. The summed E-state index contributed by atoms with van der Waals surface area (Å²) < 4.78 is 13.8. The number of anilines is 1. The Hall–Kier alpha value is -1.52. The highest BCUT2D eigenvalue weighted by Gasteiger charge is 2.31. The van der Waals surface area contributed by atoms with E-state index in [1.54, 1.807) is 6.07 Å². The quantitative estimate of drug-likeness (QED) is 0.916. The van der Waals surface area contributed by atoms with Crippen molar-refractivity contribution in [2.45, 2.75) is 22.3 Å². The van der Waals surface area contributed by atoms with Gasteiger partial charge in [0.2, 0.25) is 0 Å². The molecule has 1 atom stereocenters. The first-order chi connectivity index (χ1) is 10.3. The zero-order chi connectivity index (χ0) is 14.2. The molecule has 1 unspecified atom stereocenters. The summed E-state index contributed by atoms with van der Waals surface area (Å²) in [6.07, 6.45) is 1.12. The largest absolute Gasteiger partial charge is 0.365 e. The van der Waals surface area contributed by atoms with Crippen LogP contribution in [0.15, 0.2) is 52.3 Å². The van der Waals surface area contributed by atoms with Crippen LogP contribution in [0.4, 0.5) is 10.1 Å². The van der Waals surface area contributed by atoms with Crippen molar-refractivity contribution in [1.82, 2.24) is 5.32 Å². The number of nitrogens with one attached hydrogen (secondary N) is 1. The zero-order valence-corrected chi connectivity index (χ0v) is 12.5. The number of nitrogens with zero attached hydrogens (tertiary/aromatic N) is 1. The average molecular weight is 300 g/mol. The first kappa shape index (κ1) is 13.2. The molecule has 0 aliphatic carbocycles. The van der Waals surface area contributed by atoms with E-state index in [2.05, 4.69) is 28.4 Å². The van der Waals surface area contributed by atoms with Gasteiger partial charge in [-0.25, -0.2) is 4.39 Å². The van der Waals surface area contributed by atoms with Crippen LogP contribution in [0.3, 0.4) is 0 Å². The van der Waals surface area contributed by atoms with Gasteiger partial charge in [0.15, 0.2) is 0 Å². The van der Waals surface area contributed by atoms with E-state index < -0.39 is 0 Å². The highest BCUT2D eigenvalue weighted by molar-refractivity contribution is 7.99. The second-order valence-electron chi connectivity index (χ2n) is 5.58. The van der Waals surface area contributed by atoms with Crippen LogP contribution in [0.25, 0.3) is 0 Å². The topological polar surface area (TPSA) is 15.3 Å². The first-order valence-corrected chi connectivity index (χ1v) is 8.15. The highest BCUT2D eigenvalue weighted by atomic mass is 32.2. The summed E-state index contributed by atoms with van der Waals surface area (Å²) in [5, 5.41) is 3.46. The predicted octanol–water partition coefficient (Wildman–Crippen LogP) is 3.31. The average Bonchev–Trinajstić information content (AvgIpc) is 2.88. The number of fused-ring (bicyclic) bond motifs is 3. The lowest BCUT2D eigenvalue weighted by atomic mass is 10.1. The van der Waals surface area contributed by atoms with Crippen LogP contribution in [-0.2, 0) is 6.42 Å². The molecule has 4 heteroatoms. The normalized spacial score (nSPS) is 20.2. The van der Waals surface area contributed by atoms with Crippen LogP contribution in [0, 0.1) is 5.82 Å². The Labute approximate surface area is 128 Å². The monoisotopic (exact) mass is 300 g/mol. The Morgan fingerprint density at radius 3 is 3.00 bits per heavy atom. The first-order valence-electron chi connectivity index (χ1n) is 7.34. The van der Waals surface area contributed by atoms with Gasteiger partial charge in [0, 0.05) is 41.2 Å². The molecule has 4 rings (SSSR count). The highest BCUT2D eigenvalue weighted by Crippen LogP contribution is 2.38. The van der Waals surface area contributed by atoms with Gasteiger partial charge in [-0.2, -0.15) is 0 Å². The Bertz CT molecular complexity index is 674. The molecule has 2 aromatic rings. The van der Waals surface area contributed by atoms with Gasteiger partial charge in [-0.3, -0.25) is 0 Å². The Morgan fingerprint density at radius 1 is 1.19 bits per heavy atom. The Kier molecular flexibility index (Phi) is 3.36. The van der Waals surface area contributed by atoms with Gasteiger partial charge in [-0.05, 0) is 36.2 Å². The molecule has 0 aromatic heterocycles. The second-order valence-corrected chi connectivity index (χ2v) is 6.69. The van der Waals surface area contributed by atoms with Crippen LogP contribution in [0.2, 0.25) is 0 Å². The summed E-state index contributed by atoms with van der Waals surface area (Å²) in [4.78, 5) is 4.29. The molecule has 1 N–H and O–H groups in total. The number of halogens is 1. The lowest BCUT2D eigenvalue weighted by Gasteiger charge is -2.32. The Balaban J connectivity index is 1.63. The minimum Gasteiger partial charge on any atom is -0.365 e. The van der Waals surface area contributed by atoms with Crippen molar-refractivity contribution >= 4 is 17.4 Å². The van der Waals surface area contributed by atoms with Gasteiger partial charge in [-0.15, -0.1) is 0 Å². The third kappa shape index (κ3) is 2.43. The van der Waals surface area contributed by atoms with Crippen molar-refractivity contribution in [2.24, 2.45) is 0 Å². The van der Waals surface area contributed by atoms with Gasteiger partial charge in [0.05, 0.1) is 0 Å². The van der Waals surface area contributed by atoms with Crippen molar-refractivity contribution in [3.63, 3.8) is 0 Å². The molecule has 2 aromatic carbocycles. The van der Waals surface area contributed by atoms with Gasteiger partial charge in [0.25, 0.3) is 0 Å². The van der Waals surface area contributed by atoms with Crippen molar-refractivity contribution in [2.75, 3.05) is 24.5 Å².